The summed E-state index contributed by atoms with van der Waals surface area (Å²) in [5, 5.41) is 0. The molecule has 1 unspecified atom stereocenters. The van der Waals surface area contributed by atoms with Crippen molar-refractivity contribution in [3.05, 3.63) is 42.1 Å². The minimum atomic E-state index is -0.0222. The summed E-state index contributed by atoms with van der Waals surface area (Å²) in [7, 11) is 0. The highest BCUT2D eigenvalue weighted by Gasteiger charge is 2.33. The van der Waals surface area contributed by atoms with Crippen molar-refractivity contribution >= 4 is 11.5 Å². The number of hydrogen-bond acceptors (Lipinski definition) is 4. The van der Waals surface area contributed by atoms with Crippen molar-refractivity contribution in [1.29, 1.82) is 0 Å². The van der Waals surface area contributed by atoms with Gasteiger partial charge in [-0.25, -0.2) is 5.43 Å². The zero-order chi connectivity index (χ0) is 12.4. The zero-order valence-electron chi connectivity index (χ0n) is 10.2. The van der Waals surface area contributed by atoms with E-state index in [1.807, 2.05) is 18.2 Å². The topological polar surface area (TPSA) is 44.4 Å². The highest BCUT2D eigenvalue weighted by Crippen LogP contribution is 2.26. The lowest BCUT2D eigenvalue weighted by Crippen LogP contribution is -2.35. The lowest BCUT2D eigenvalue weighted by atomic mass is 10.1. The van der Waals surface area contributed by atoms with Gasteiger partial charge >= 0.3 is 0 Å². The first-order valence-corrected chi connectivity index (χ1v) is 6.37. The summed E-state index contributed by atoms with van der Waals surface area (Å²) in [6.45, 7) is 1.66. The van der Waals surface area contributed by atoms with Crippen molar-refractivity contribution < 1.29 is 4.79 Å². The van der Waals surface area contributed by atoms with Crippen LogP contribution < -0.4 is 15.8 Å². The van der Waals surface area contributed by atoms with E-state index in [1.165, 1.54) is 0 Å². The Morgan fingerprint density at radius 1 is 1.28 bits per heavy atom. The van der Waals surface area contributed by atoms with Crippen LogP contribution in [0.2, 0.25) is 0 Å². The molecule has 0 saturated carbocycles. The highest BCUT2D eigenvalue weighted by atomic mass is 16.1. The molecule has 0 bridgehead atoms. The molecule has 1 fully saturated rings. The molecule has 1 aromatic rings. The van der Waals surface area contributed by atoms with Crippen molar-refractivity contribution in [3.63, 3.8) is 0 Å². The fourth-order valence-electron chi connectivity index (χ4n) is 2.61. The first-order chi connectivity index (χ1) is 8.84. The van der Waals surface area contributed by atoms with E-state index in [9.17, 15) is 4.79 Å². The van der Waals surface area contributed by atoms with Gasteiger partial charge in [0.05, 0.1) is 6.04 Å². The van der Waals surface area contributed by atoms with Crippen LogP contribution >= 0.6 is 0 Å². The van der Waals surface area contributed by atoms with Crippen molar-refractivity contribution in [1.82, 2.24) is 10.9 Å². The van der Waals surface area contributed by atoms with E-state index in [0.29, 0.717) is 12.2 Å². The second-order valence-electron chi connectivity index (χ2n) is 4.70. The van der Waals surface area contributed by atoms with Crippen LogP contribution in [0, 0.1) is 0 Å². The van der Waals surface area contributed by atoms with Gasteiger partial charge < -0.3 is 10.3 Å². The number of carbonyl (C=O) groups is 1. The highest BCUT2D eigenvalue weighted by molar-refractivity contribution is 5.91. The molecular weight excluding hydrogens is 226 g/mol. The molecule has 2 heterocycles. The lowest BCUT2D eigenvalue weighted by molar-refractivity contribution is -0.118. The summed E-state index contributed by atoms with van der Waals surface area (Å²) in [4.78, 5) is 14.2. The summed E-state index contributed by atoms with van der Waals surface area (Å²) in [5.41, 5.74) is 8.41. The van der Waals surface area contributed by atoms with Crippen molar-refractivity contribution in [2.45, 2.75) is 18.9 Å². The maximum Gasteiger partial charge on any atom is 0.157 e. The number of anilines is 1. The second-order valence-corrected chi connectivity index (χ2v) is 4.70. The molecular formula is C14H17N3O. The minimum Gasteiger partial charge on any atom is -0.361 e. The molecule has 94 valence electrons. The molecule has 0 aliphatic carbocycles. The Balaban J connectivity index is 1.79. The van der Waals surface area contributed by atoms with Crippen LogP contribution in [-0.2, 0) is 4.79 Å². The Labute approximate surface area is 107 Å². The zero-order valence-corrected chi connectivity index (χ0v) is 10.2. The Kier molecular flexibility index (Phi) is 3.02. The molecule has 18 heavy (non-hydrogen) atoms. The number of ketones is 1. The van der Waals surface area contributed by atoms with Gasteiger partial charge in [0.1, 0.15) is 0 Å². The molecule has 0 radical (unpaired) electrons. The van der Waals surface area contributed by atoms with Crippen LogP contribution in [0.1, 0.15) is 12.8 Å². The summed E-state index contributed by atoms with van der Waals surface area (Å²) in [6.07, 6.45) is 3.52. The van der Waals surface area contributed by atoms with Crippen LogP contribution in [0.4, 0.5) is 5.69 Å². The van der Waals surface area contributed by atoms with E-state index in [0.717, 1.165) is 30.9 Å². The van der Waals surface area contributed by atoms with Crippen molar-refractivity contribution in [2.75, 3.05) is 18.0 Å². The molecule has 2 aliphatic heterocycles. The van der Waals surface area contributed by atoms with E-state index in [1.54, 1.807) is 0 Å². The van der Waals surface area contributed by atoms with Gasteiger partial charge in [-0.2, -0.15) is 0 Å². The third-order valence-corrected chi connectivity index (χ3v) is 3.55. The van der Waals surface area contributed by atoms with Crippen LogP contribution in [0.15, 0.2) is 42.1 Å². The molecule has 0 aromatic heterocycles. The Morgan fingerprint density at radius 3 is 2.83 bits per heavy atom. The van der Waals surface area contributed by atoms with Crippen LogP contribution in [0.25, 0.3) is 0 Å². The van der Waals surface area contributed by atoms with Crippen molar-refractivity contribution in [2.24, 2.45) is 0 Å². The number of nitrogens with zero attached hydrogens (tertiary/aromatic N) is 1. The quantitative estimate of drug-likeness (QED) is 0.837. The Morgan fingerprint density at radius 2 is 2.11 bits per heavy atom. The predicted octanol–water partition coefficient (Wildman–Crippen LogP) is 1.22. The van der Waals surface area contributed by atoms with Gasteiger partial charge in [-0.05, 0) is 18.2 Å². The van der Waals surface area contributed by atoms with E-state index < -0.39 is 0 Å². The molecule has 1 atom stereocenters. The molecule has 1 aromatic carbocycles. The third-order valence-electron chi connectivity index (χ3n) is 3.55. The summed E-state index contributed by atoms with van der Waals surface area (Å²) in [5.74, 6) is 0.341. The summed E-state index contributed by atoms with van der Waals surface area (Å²) < 4.78 is 0. The lowest BCUT2D eigenvalue weighted by Gasteiger charge is -2.26. The number of nitrogens with one attached hydrogen (secondary N) is 2. The number of hydrazine groups is 1. The van der Waals surface area contributed by atoms with Gasteiger partial charge in [-0.15, -0.1) is 0 Å². The van der Waals surface area contributed by atoms with E-state index in [-0.39, 0.29) is 6.04 Å². The molecule has 2 aliphatic rings. The molecule has 1 saturated heterocycles. The normalized spacial score (nSPS) is 23.1. The summed E-state index contributed by atoms with van der Waals surface area (Å²) >= 11 is 0. The average Bonchev–Trinajstić information content (AvgIpc) is 3.03. The van der Waals surface area contributed by atoms with E-state index in [4.69, 9.17) is 0 Å². The van der Waals surface area contributed by atoms with Crippen LogP contribution in [-0.4, -0.2) is 24.9 Å². The first kappa shape index (κ1) is 11.3. The van der Waals surface area contributed by atoms with Crippen LogP contribution in [0.3, 0.4) is 0 Å². The Hall–Kier alpha value is -1.81. The van der Waals surface area contributed by atoms with Gasteiger partial charge in [0.25, 0.3) is 0 Å². The van der Waals surface area contributed by atoms with E-state index in [2.05, 4.69) is 34.0 Å². The smallest absolute Gasteiger partial charge is 0.157 e. The SMILES string of the molecule is O=C1CCN(c2ccccc2)C1CC1=CCNN1. The molecule has 4 nitrogen and oxygen atoms in total. The molecule has 0 amide bonds. The van der Waals surface area contributed by atoms with Gasteiger partial charge in [0.15, 0.2) is 5.78 Å². The molecule has 2 N–H and O–H groups in total. The number of hydrogen-bond donors (Lipinski definition) is 2. The predicted molar refractivity (Wildman–Crippen MR) is 71.0 cm³/mol. The third kappa shape index (κ3) is 2.11. The Bertz CT molecular complexity index is 469. The average molecular weight is 243 g/mol. The molecule has 0 spiro atoms. The van der Waals surface area contributed by atoms with Crippen molar-refractivity contribution in [3.8, 4) is 0 Å². The van der Waals surface area contributed by atoms with Crippen LogP contribution in [0.5, 0.6) is 0 Å². The summed E-state index contributed by atoms with van der Waals surface area (Å²) in [6, 6.07) is 10.2. The van der Waals surface area contributed by atoms with Gasteiger partial charge in [-0.1, -0.05) is 18.2 Å². The number of benzene rings is 1. The minimum absolute atomic E-state index is 0.0222. The second kappa shape index (κ2) is 4.82. The van der Waals surface area contributed by atoms with Gasteiger partial charge in [-0.3, -0.25) is 4.79 Å². The number of Topliss-reactive ketones (excluding diaryl/α,β-unsaturated/α-hetero) is 1. The maximum atomic E-state index is 12.0. The van der Waals surface area contributed by atoms with Gasteiger partial charge in [0, 0.05) is 37.3 Å². The number of rotatable bonds is 3. The molecule has 3 rings (SSSR count). The monoisotopic (exact) mass is 243 g/mol. The van der Waals surface area contributed by atoms with Gasteiger partial charge in [0.2, 0.25) is 0 Å². The molecule has 4 heteroatoms. The fraction of sp³-hybridized carbons (Fsp3) is 0.357. The first-order valence-electron chi connectivity index (χ1n) is 6.37. The largest absolute Gasteiger partial charge is 0.361 e. The number of carbonyl (C=O) groups excluding carboxylic acids is 1. The standard InChI is InChI=1S/C14H17N3O/c18-14-7-9-17(12-4-2-1-3-5-12)13(14)10-11-6-8-15-16-11/h1-6,13,15-16H,7-10H2. The fourth-order valence-corrected chi connectivity index (χ4v) is 2.61. The van der Waals surface area contributed by atoms with E-state index >= 15 is 0 Å². The maximum absolute atomic E-state index is 12.0. The number of para-hydroxylation sites is 1.